The Morgan fingerprint density at radius 1 is 0.878 bits per heavy atom. The van der Waals surface area contributed by atoms with Gasteiger partial charge in [0, 0.05) is 63.4 Å². The minimum Gasteiger partial charge on any atom is -0.494 e. The predicted molar refractivity (Wildman–Crippen MR) is 161 cm³/mol. The molecule has 0 bridgehead atoms. The molecule has 41 heavy (non-hydrogen) atoms. The van der Waals surface area contributed by atoms with Crippen LogP contribution in [0.15, 0.2) is 86.9 Å². The molecule has 9 heteroatoms. The minimum absolute atomic E-state index is 0. The molecule has 5 rings (SSSR count). The Labute approximate surface area is 281 Å². The van der Waals surface area contributed by atoms with Crippen molar-refractivity contribution in [2.45, 2.75) is 46.6 Å². The number of rotatable bonds is 10. The van der Waals surface area contributed by atoms with Crippen LogP contribution >= 0.6 is 0 Å². The molecule has 3 aromatic carbocycles. The summed E-state index contributed by atoms with van der Waals surface area (Å²) in [6.07, 6.45) is 2.27. The molecular weight excluding hydrogens is 543 g/mol. The number of nitrogens with one attached hydrogen (secondary N) is 1. The summed E-state index contributed by atoms with van der Waals surface area (Å²) in [6, 6.07) is 23.4. The molecule has 8 nitrogen and oxygen atoms in total. The fraction of sp³-hybridized carbons (Fsp3) is 0.250. The van der Waals surface area contributed by atoms with Gasteiger partial charge in [-0.3, -0.25) is 18.9 Å². The van der Waals surface area contributed by atoms with Gasteiger partial charge in [-0.05, 0) is 54.2 Å². The van der Waals surface area contributed by atoms with E-state index in [1.54, 1.807) is 4.57 Å². The first-order valence-corrected chi connectivity index (χ1v) is 13.6. The van der Waals surface area contributed by atoms with Crippen molar-refractivity contribution in [2.75, 3.05) is 6.61 Å². The maximum atomic E-state index is 14.0. The van der Waals surface area contributed by atoms with Crippen molar-refractivity contribution in [2.24, 2.45) is 0 Å². The molecule has 0 aliphatic rings. The molecule has 0 fully saturated rings. The van der Waals surface area contributed by atoms with E-state index < -0.39 is 5.76 Å². The molecule has 1 N–H and O–H groups in total. The van der Waals surface area contributed by atoms with Gasteiger partial charge >= 0.3 is 5.76 Å². The zero-order valence-corrected chi connectivity index (χ0v) is 27.1. The maximum Gasteiger partial charge on any atom is 0.439 e. The van der Waals surface area contributed by atoms with E-state index >= 15 is 0 Å². The molecule has 0 spiro atoms. The van der Waals surface area contributed by atoms with E-state index in [9.17, 15) is 9.59 Å². The van der Waals surface area contributed by atoms with E-state index in [0.717, 1.165) is 51.5 Å². The molecule has 5 aromatic rings. The number of hydrogen-bond acceptors (Lipinski definition) is 6. The van der Waals surface area contributed by atoms with E-state index in [1.807, 2.05) is 86.6 Å². The third kappa shape index (κ3) is 6.87. The van der Waals surface area contributed by atoms with Crippen LogP contribution in [0.3, 0.4) is 0 Å². The summed E-state index contributed by atoms with van der Waals surface area (Å²) in [5.74, 6) is 1.35. The van der Waals surface area contributed by atoms with Crippen LogP contribution in [0.2, 0.25) is 0 Å². The SMILES string of the molecule is CCCc1nc(CC)c(-c2ccc(OCC)cc2)c(=O)n1Cc1ccc(-c2ccccc2-c2noc(=O)[nH]2)cc1.[K]. The number of ether oxygens (including phenoxy) is 1. The average Bonchev–Trinajstić information content (AvgIpc) is 3.42. The summed E-state index contributed by atoms with van der Waals surface area (Å²) in [5, 5.41) is 3.85. The zero-order valence-electron chi connectivity index (χ0n) is 23.9. The first kappa shape index (κ1) is 30.9. The summed E-state index contributed by atoms with van der Waals surface area (Å²) in [4.78, 5) is 33.1. The third-order valence-electron chi connectivity index (χ3n) is 6.81. The van der Waals surface area contributed by atoms with Crippen molar-refractivity contribution in [3.8, 4) is 39.4 Å². The molecule has 2 heterocycles. The van der Waals surface area contributed by atoms with Crippen LogP contribution in [-0.4, -0.2) is 77.7 Å². The molecule has 2 aromatic heterocycles. The summed E-state index contributed by atoms with van der Waals surface area (Å²) in [5.41, 5.74) is 5.87. The van der Waals surface area contributed by atoms with Crippen LogP contribution in [0.1, 0.15) is 44.3 Å². The van der Waals surface area contributed by atoms with Crippen LogP contribution in [0.25, 0.3) is 33.6 Å². The molecule has 205 valence electrons. The number of aromatic amines is 1. The predicted octanol–water partition coefficient (Wildman–Crippen LogP) is 5.50. The molecule has 0 aliphatic heterocycles. The topological polar surface area (TPSA) is 103 Å². The Balaban J connectivity index is 0.00000387. The van der Waals surface area contributed by atoms with E-state index in [4.69, 9.17) is 14.2 Å². The van der Waals surface area contributed by atoms with E-state index in [0.29, 0.717) is 37.4 Å². The Morgan fingerprint density at radius 3 is 2.17 bits per heavy atom. The number of aryl methyl sites for hydroxylation is 2. The van der Waals surface area contributed by atoms with Crippen molar-refractivity contribution in [1.29, 1.82) is 0 Å². The molecule has 0 atom stereocenters. The first-order chi connectivity index (χ1) is 19.5. The quantitative estimate of drug-likeness (QED) is 0.221. The van der Waals surface area contributed by atoms with Gasteiger partial charge in [0.2, 0.25) is 0 Å². The van der Waals surface area contributed by atoms with Gasteiger partial charge in [-0.25, -0.2) is 9.78 Å². The van der Waals surface area contributed by atoms with Gasteiger partial charge in [-0.1, -0.05) is 79.7 Å². The molecule has 1 radical (unpaired) electrons. The molecule has 0 saturated heterocycles. The van der Waals surface area contributed by atoms with Crippen molar-refractivity contribution in [1.82, 2.24) is 19.7 Å². The smallest absolute Gasteiger partial charge is 0.439 e. The number of aromatic nitrogens is 4. The third-order valence-corrected chi connectivity index (χ3v) is 6.81. The molecule has 0 amide bonds. The second kappa shape index (κ2) is 14.2. The fourth-order valence-electron chi connectivity index (χ4n) is 4.92. The van der Waals surface area contributed by atoms with E-state index in [-0.39, 0.29) is 56.9 Å². The number of hydrogen-bond donors (Lipinski definition) is 1. The summed E-state index contributed by atoms with van der Waals surface area (Å²) in [6.45, 7) is 7.07. The maximum absolute atomic E-state index is 14.0. The van der Waals surface area contributed by atoms with Crippen LogP contribution in [0.5, 0.6) is 5.75 Å². The Morgan fingerprint density at radius 2 is 1.56 bits per heavy atom. The first-order valence-electron chi connectivity index (χ1n) is 13.6. The van der Waals surface area contributed by atoms with E-state index in [1.165, 1.54) is 0 Å². The van der Waals surface area contributed by atoms with Gasteiger partial charge in [0.1, 0.15) is 11.6 Å². The molecule has 0 unspecified atom stereocenters. The Kier molecular flexibility index (Phi) is 10.7. The Bertz CT molecular complexity index is 1720. The van der Waals surface area contributed by atoms with Gasteiger partial charge in [0.15, 0.2) is 5.82 Å². The van der Waals surface area contributed by atoms with Gasteiger partial charge in [-0.15, -0.1) is 0 Å². The summed E-state index contributed by atoms with van der Waals surface area (Å²) >= 11 is 0. The summed E-state index contributed by atoms with van der Waals surface area (Å²) < 4.78 is 12.1. The van der Waals surface area contributed by atoms with Gasteiger partial charge < -0.3 is 4.74 Å². The number of nitrogens with zero attached hydrogens (tertiary/aromatic N) is 3. The Hall–Kier alpha value is -3.08. The van der Waals surface area contributed by atoms with Crippen LogP contribution < -0.4 is 16.1 Å². The van der Waals surface area contributed by atoms with Crippen molar-refractivity contribution < 1.29 is 9.26 Å². The normalized spacial score (nSPS) is 10.8. The molecular formula is C32H32KN4O4. The molecule has 0 saturated carbocycles. The van der Waals surface area contributed by atoms with Crippen LogP contribution in [0, 0.1) is 0 Å². The number of H-pyrrole nitrogens is 1. The summed E-state index contributed by atoms with van der Waals surface area (Å²) in [7, 11) is 0. The number of benzene rings is 3. The fourth-order valence-corrected chi connectivity index (χ4v) is 4.92. The van der Waals surface area contributed by atoms with Gasteiger partial charge in [0.05, 0.1) is 24.4 Å². The van der Waals surface area contributed by atoms with Crippen molar-refractivity contribution in [3.63, 3.8) is 0 Å². The van der Waals surface area contributed by atoms with Crippen molar-refractivity contribution in [3.05, 3.63) is 111 Å². The second-order valence-corrected chi connectivity index (χ2v) is 9.49. The monoisotopic (exact) mass is 575 g/mol. The average molecular weight is 576 g/mol. The van der Waals surface area contributed by atoms with E-state index in [2.05, 4.69) is 17.1 Å². The second-order valence-electron chi connectivity index (χ2n) is 9.49. The zero-order chi connectivity index (χ0) is 28.1. The van der Waals surface area contributed by atoms with Gasteiger partial charge in [0.25, 0.3) is 5.56 Å². The largest absolute Gasteiger partial charge is 0.494 e. The molecule has 0 aliphatic carbocycles. The minimum atomic E-state index is -0.596. The standard InChI is InChI=1S/C32H32N4O4.K/c1-4-9-28-33-27(5-2)29(23-16-18-24(19-17-23)39-6-3)31(37)36(28)20-21-12-14-22(15-13-21)25-10-7-8-11-26(25)30-34-32(38)40-35-30;/h7-8,10-19H,4-6,9,20H2,1-3H3,(H,34,35,38);. The van der Waals surface area contributed by atoms with Gasteiger partial charge in [-0.2, -0.15) is 0 Å². The van der Waals surface area contributed by atoms with Crippen LogP contribution in [0.4, 0.5) is 0 Å². The van der Waals surface area contributed by atoms with Crippen molar-refractivity contribution >= 4 is 51.4 Å². The van der Waals surface area contributed by atoms with Crippen LogP contribution in [-0.2, 0) is 19.4 Å².